The molecule has 0 saturated carbocycles. The number of rotatable bonds is 7. The standard InChI is InChI=1S/C15H20N2O5/c1-10(2)13(14(19)20)17-12(18)8-16-15(21)22-9-11-6-4-3-5-7-11/h3-7,10,13H,8-9H2,1-2H3,(H,16,21)(H,17,18)(H,19,20). The highest BCUT2D eigenvalue weighted by molar-refractivity contribution is 5.86. The molecule has 0 aliphatic carbocycles. The largest absolute Gasteiger partial charge is 0.480 e. The number of carbonyl (C=O) groups is 3. The first-order valence-electron chi connectivity index (χ1n) is 6.87. The molecule has 0 spiro atoms. The highest BCUT2D eigenvalue weighted by Gasteiger charge is 2.23. The Bertz CT molecular complexity index is 516. The topological polar surface area (TPSA) is 105 Å². The molecule has 1 aromatic carbocycles. The Balaban J connectivity index is 2.31. The Kier molecular flexibility index (Phi) is 6.88. The van der Waals surface area contributed by atoms with E-state index in [0.29, 0.717) is 0 Å². The maximum absolute atomic E-state index is 11.6. The number of carboxylic acids is 1. The number of ether oxygens (including phenoxy) is 1. The molecule has 0 aliphatic rings. The number of benzene rings is 1. The number of aliphatic carboxylic acids is 1. The van der Waals surface area contributed by atoms with Crippen molar-refractivity contribution in [3.05, 3.63) is 35.9 Å². The molecule has 2 amide bonds. The zero-order valence-electron chi connectivity index (χ0n) is 12.5. The summed E-state index contributed by atoms with van der Waals surface area (Å²) in [6.07, 6.45) is -0.740. The molecule has 7 heteroatoms. The van der Waals surface area contributed by atoms with Gasteiger partial charge in [0, 0.05) is 0 Å². The van der Waals surface area contributed by atoms with Gasteiger partial charge in [0.15, 0.2) is 0 Å². The summed E-state index contributed by atoms with van der Waals surface area (Å²) in [6.45, 7) is 3.11. The maximum atomic E-state index is 11.6. The first kappa shape index (κ1) is 17.5. The third kappa shape index (κ3) is 6.25. The Morgan fingerprint density at radius 2 is 1.82 bits per heavy atom. The van der Waals surface area contributed by atoms with Crippen LogP contribution in [0, 0.1) is 5.92 Å². The van der Waals surface area contributed by atoms with E-state index in [0.717, 1.165) is 5.56 Å². The lowest BCUT2D eigenvalue weighted by Gasteiger charge is -2.17. The molecule has 1 atom stereocenters. The average molecular weight is 308 g/mol. The molecule has 0 aromatic heterocycles. The highest BCUT2D eigenvalue weighted by Crippen LogP contribution is 2.02. The second kappa shape index (κ2) is 8.66. The average Bonchev–Trinajstić information content (AvgIpc) is 2.49. The summed E-state index contributed by atoms with van der Waals surface area (Å²) in [5.41, 5.74) is 0.827. The van der Waals surface area contributed by atoms with E-state index in [9.17, 15) is 14.4 Å². The molecule has 0 fully saturated rings. The van der Waals surface area contributed by atoms with Gasteiger partial charge in [0.2, 0.25) is 5.91 Å². The van der Waals surface area contributed by atoms with E-state index < -0.39 is 24.0 Å². The van der Waals surface area contributed by atoms with Crippen molar-refractivity contribution in [1.82, 2.24) is 10.6 Å². The van der Waals surface area contributed by atoms with Crippen LogP contribution in [0.15, 0.2) is 30.3 Å². The lowest BCUT2D eigenvalue weighted by molar-refractivity contribution is -0.142. The fraction of sp³-hybridized carbons (Fsp3) is 0.400. The van der Waals surface area contributed by atoms with Gasteiger partial charge in [-0.2, -0.15) is 0 Å². The van der Waals surface area contributed by atoms with E-state index >= 15 is 0 Å². The third-order valence-electron chi connectivity index (χ3n) is 2.86. The van der Waals surface area contributed by atoms with Gasteiger partial charge in [0.1, 0.15) is 19.2 Å². The van der Waals surface area contributed by atoms with Crippen LogP contribution in [-0.2, 0) is 20.9 Å². The van der Waals surface area contributed by atoms with Crippen molar-refractivity contribution in [2.75, 3.05) is 6.54 Å². The van der Waals surface area contributed by atoms with Gasteiger partial charge in [-0.25, -0.2) is 9.59 Å². The lowest BCUT2D eigenvalue weighted by Crippen LogP contribution is -2.48. The van der Waals surface area contributed by atoms with Gasteiger partial charge in [-0.3, -0.25) is 4.79 Å². The quantitative estimate of drug-likeness (QED) is 0.700. The molecule has 0 bridgehead atoms. The number of amides is 2. The van der Waals surface area contributed by atoms with Gasteiger partial charge in [-0.1, -0.05) is 44.2 Å². The monoisotopic (exact) mass is 308 g/mol. The number of carboxylic acid groups (broad SMARTS) is 1. The van der Waals surface area contributed by atoms with Crippen LogP contribution >= 0.6 is 0 Å². The number of carbonyl (C=O) groups excluding carboxylic acids is 2. The summed E-state index contributed by atoms with van der Waals surface area (Å²) >= 11 is 0. The summed E-state index contributed by atoms with van der Waals surface area (Å²) < 4.78 is 4.93. The minimum atomic E-state index is -1.12. The number of alkyl carbamates (subject to hydrolysis) is 1. The Morgan fingerprint density at radius 3 is 2.36 bits per heavy atom. The van der Waals surface area contributed by atoms with E-state index in [-0.39, 0.29) is 19.1 Å². The van der Waals surface area contributed by atoms with Crippen molar-refractivity contribution in [3.8, 4) is 0 Å². The predicted molar refractivity (Wildman–Crippen MR) is 79.0 cm³/mol. The Labute approximate surface area is 128 Å². The first-order chi connectivity index (χ1) is 10.4. The smallest absolute Gasteiger partial charge is 0.407 e. The zero-order chi connectivity index (χ0) is 16.5. The van der Waals surface area contributed by atoms with Crippen LogP contribution in [0.25, 0.3) is 0 Å². The number of hydrogen-bond acceptors (Lipinski definition) is 4. The van der Waals surface area contributed by atoms with E-state index in [1.54, 1.807) is 26.0 Å². The molecule has 7 nitrogen and oxygen atoms in total. The number of hydrogen-bond donors (Lipinski definition) is 3. The molecule has 1 aromatic rings. The van der Waals surface area contributed by atoms with Crippen LogP contribution < -0.4 is 10.6 Å². The normalized spacial score (nSPS) is 11.6. The minimum Gasteiger partial charge on any atom is -0.480 e. The van der Waals surface area contributed by atoms with Crippen molar-refractivity contribution in [2.24, 2.45) is 5.92 Å². The van der Waals surface area contributed by atoms with Crippen molar-refractivity contribution < 1.29 is 24.2 Å². The zero-order valence-corrected chi connectivity index (χ0v) is 12.5. The van der Waals surface area contributed by atoms with Gasteiger partial charge in [0.25, 0.3) is 0 Å². The molecule has 120 valence electrons. The summed E-state index contributed by atoms with van der Waals surface area (Å²) in [4.78, 5) is 34.0. The molecule has 3 N–H and O–H groups in total. The maximum Gasteiger partial charge on any atom is 0.407 e. The SMILES string of the molecule is CC(C)C(NC(=O)CNC(=O)OCc1ccccc1)C(=O)O. The Hall–Kier alpha value is -2.57. The lowest BCUT2D eigenvalue weighted by atomic mass is 10.1. The fourth-order valence-corrected chi connectivity index (χ4v) is 1.66. The fourth-order valence-electron chi connectivity index (χ4n) is 1.66. The summed E-state index contributed by atoms with van der Waals surface area (Å²) in [5, 5.41) is 13.6. The van der Waals surface area contributed by atoms with Crippen LogP contribution in [0.5, 0.6) is 0 Å². The van der Waals surface area contributed by atoms with Crippen LogP contribution in [0.2, 0.25) is 0 Å². The van der Waals surface area contributed by atoms with Crippen molar-refractivity contribution in [1.29, 1.82) is 0 Å². The van der Waals surface area contributed by atoms with Crippen LogP contribution in [0.1, 0.15) is 19.4 Å². The summed E-state index contributed by atoms with van der Waals surface area (Å²) in [7, 11) is 0. The molecule has 22 heavy (non-hydrogen) atoms. The van der Waals surface area contributed by atoms with Crippen molar-refractivity contribution in [3.63, 3.8) is 0 Å². The summed E-state index contributed by atoms with van der Waals surface area (Å²) in [5.74, 6) is -1.96. The second-order valence-corrected chi connectivity index (χ2v) is 5.04. The molecule has 0 heterocycles. The van der Waals surface area contributed by atoms with Crippen molar-refractivity contribution >= 4 is 18.0 Å². The predicted octanol–water partition coefficient (Wildman–Crippen LogP) is 1.14. The Morgan fingerprint density at radius 1 is 1.18 bits per heavy atom. The summed E-state index contributed by atoms with van der Waals surface area (Å²) in [6, 6.07) is 8.11. The van der Waals surface area contributed by atoms with Gasteiger partial charge in [-0.05, 0) is 11.5 Å². The van der Waals surface area contributed by atoms with Crippen LogP contribution in [-0.4, -0.2) is 35.7 Å². The van der Waals surface area contributed by atoms with E-state index in [2.05, 4.69) is 10.6 Å². The molecule has 0 saturated heterocycles. The van der Waals surface area contributed by atoms with Gasteiger partial charge >= 0.3 is 12.1 Å². The van der Waals surface area contributed by atoms with E-state index in [1.807, 2.05) is 18.2 Å². The number of nitrogens with one attached hydrogen (secondary N) is 2. The first-order valence-corrected chi connectivity index (χ1v) is 6.87. The molecular weight excluding hydrogens is 288 g/mol. The molecule has 0 radical (unpaired) electrons. The highest BCUT2D eigenvalue weighted by atomic mass is 16.5. The van der Waals surface area contributed by atoms with Gasteiger partial charge in [0.05, 0.1) is 0 Å². The van der Waals surface area contributed by atoms with Crippen LogP contribution in [0.3, 0.4) is 0 Å². The van der Waals surface area contributed by atoms with Crippen LogP contribution in [0.4, 0.5) is 4.79 Å². The molecule has 1 rings (SSSR count). The molecule has 0 aliphatic heterocycles. The van der Waals surface area contributed by atoms with E-state index in [1.165, 1.54) is 0 Å². The molecular formula is C15H20N2O5. The minimum absolute atomic E-state index is 0.0953. The second-order valence-electron chi connectivity index (χ2n) is 5.04. The van der Waals surface area contributed by atoms with E-state index in [4.69, 9.17) is 9.84 Å². The molecule has 1 unspecified atom stereocenters. The van der Waals surface area contributed by atoms with Crippen molar-refractivity contribution in [2.45, 2.75) is 26.5 Å². The van der Waals surface area contributed by atoms with Gasteiger partial charge in [-0.15, -0.1) is 0 Å². The third-order valence-corrected chi connectivity index (χ3v) is 2.86. The van der Waals surface area contributed by atoms with Gasteiger partial charge < -0.3 is 20.5 Å².